The molecule has 1 fully saturated rings. The van der Waals surface area contributed by atoms with Crippen molar-refractivity contribution in [1.29, 1.82) is 0 Å². The lowest BCUT2D eigenvalue weighted by Crippen LogP contribution is -2.34. The summed E-state index contributed by atoms with van der Waals surface area (Å²) < 4.78 is 5.37. The molecule has 0 unspecified atom stereocenters. The van der Waals surface area contributed by atoms with Crippen LogP contribution in [0, 0.1) is 0 Å². The van der Waals surface area contributed by atoms with Gasteiger partial charge in [0.2, 0.25) is 0 Å². The number of amides is 1. The molecule has 0 saturated carbocycles. The van der Waals surface area contributed by atoms with Crippen LogP contribution in [0.15, 0.2) is 23.1 Å². The van der Waals surface area contributed by atoms with Gasteiger partial charge in [-0.3, -0.25) is 9.59 Å². The summed E-state index contributed by atoms with van der Waals surface area (Å²) in [6.45, 7) is 1.22. The van der Waals surface area contributed by atoms with Gasteiger partial charge in [-0.05, 0) is 25.0 Å². The normalized spacial score (nSPS) is 19.6. The van der Waals surface area contributed by atoms with Crippen molar-refractivity contribution < 1.29 is 9.53 Å². The molecule has 0 aliphatic carbocycles. The number of pyridine rings is 1. The molecule has 1 amide bonds. The number of hydrogen-bond donors (Lipinski definition) is 2. The minimum atomic E-state index is -0.368. The highest BCUT2D eigenvalue weighted by atomic mass is 16.5. The van der Waals surface area contributed by atoms with Gasteiger partial charge in [0.05, 0.1) is 6.10 Å². The van der Waals surface area contributed by atoms with Gasteiger partial charge in [0.25, 0.3) is 11.5 Å². The summed E-state index contributed by atoms with van der Waals surface area (Å²) in [4.78, 5) is 25.4. The average molecular weight is 222 g/mol. The van der Waals surface area contributed by atoms with Crippen molar-refractivity contribution in [3.8, 4) is 0 Å². The van der Waals surface area contributed by atoms with Crippen LogP contribution in [0.2, 0.25) is 0 Å². The molecule has 0 aromatic carbocycles. The first-order chi connectivity index (χ1) is 7.77. The van der Waals surface area contributed by atoms with Crippen molar-refractivity contribution in [3.05, 3.63) is 34.2 Å². The predicted octanol–water partition coefficient (Wildman–Crippen LogP) is 0.284. The Morgan fingerprint density at radius 1 is 1.62 bits per heavy atom. The van der Waals surface area contributed by atoms with Gasteiger partial charge >= 0.3 is 0 Å². The van der Waals surface area contributed by atoms with E-state index in [0.29, 0.717) is 6.54 Å². The monoisotopic (exact) mass is 222 g/mol. The van der Waals surface area contributed by atoms with Crippen LogP contribution < -0.4 is 10.9 Å². The number of aromatic nitrogens is 1. The van der Waals surface area contributed by atoms with Crippen LogP contribution in [0.4, 0.5) is 0 Å². The number of H-pyrrole nitrogens is 1. The van der Waals surface area contributed by atoms with E-state index in [2.05, 4.69) is 10.3 Å². The van der Waals surface area contributed by atoms with Crippen molar-refractivity contribution in [1.82, 2.24) is 10.3 Å². The van der Waals surface area contributed by atoms with E-state index in [1.807, 2.05) is 0 Å². The van der Waals surface area contributed by atoms with Gasteiger partial charge in [-0.1, -0.05) is 0 Å². The number of ether oxygens (including phenoxy) is 1. The molecule has 86 valence electrons. The molecule has 1 aliphatic rings. The molecule has 5 heteroatoms. The lowest BCUT2D eigenvalue weighted by Gasteiger charge is -2.10. The smallest absolute Gasteiger partial charge is 0.260 e. The maximum absolute atomic E-state index is 11.6. The Bertz CT molecular complexity index is 421. The Hall–Kier alpha value is -1.62. The van der Waals surface area contributed by atoms with E-state index < -0.39 is 0 Å². The average Bonchev–Trinajstić information content (AvgIpc) is 2.79. The zero-order chi connectivity index (χ0) is 11.4. The Morgan fingerprint density at radius 2 is 2.50 bits per heavy atom. The molecule has 1 aromatic rings. The van der Waals surface area contributed by atoms with Crippen LogP contribution in [0.3, 0.4) is 0 Å². The summed E-state index contributed by atoms with van der Waals surface area (Å²) in [6.07, 6.45) is 3.59. The maximum Gasteiger partial charge on any atom is 0.260 e. The van der Waals surface area contributed by atoms with E-state index >= 15 is 0 Å². The van der Waals surface area contributed by atoms with Crippen molar-refractivity contribution in [2.45, 2.75) is 18.9 Å². The zero-order valence-corrected chi connectivity index (χ0v) is 8.86. The Kier molecular flexibility index (Phi) is 3.36. The lowest BCUT2D eigenvalue weighted by molar-refractivity contribution is 0.0856. The number of hydrogen-bond acceptors (Lipinski definition) is 3. The first-order valence-corrected chi connectivity index (χ1v) is 5.35. The van der Waals surface area contributed by atoms with Crippen molar-refractivity contribution in [2.24, 2.45) is 0 Å². The molecule has 0 radical (unpaired) electrons. The van der Waals surface area contributed by atoms with E-state index in [1.54, 1.807) is 6.07 Å². The fourth-order valence-electron chi connectivity index (χ4n) is 1.71. The van der Waals surface area contributed by atoms with Crippen molar-refractivity contribution in [2.75, 3.05) is 13.2 Å². The lowest BCUT2D eigenvalue weighted by atomic mass is 10.2. The number of rotatable bonds is 3. The number of nitrogens with one attached hydrogen (secondary N) is 2. The van der Waals surface area contributed by atoms with Crippen LogP contribution in [0.5, 0.6) is 0 Å². The van der Waals surface area contributed by atoms with Gasteiger partial charge in [-0.15, -0.1) is 0 Å². The van der Waals surface area contributed by atoms with E-state index in [4.69, 9.17) is 4.74 Å². The second-order valence-corrected chi connectivity index (χ2v) is 3.76. The summed E-state index contributed by atoms with van der Waals surface area (Å²) in [5.74, 6) is -0.350. The minimum Gasteiger partial charge on any atom is -0.376 e. The highest BCUT2D eigenvalue weighted by Crippen LogP contribution is 2.10. The number of carbonyl (C=O) groups is 1. The molecule has 1 aromatic heterocycles. The van der Waals surface area contributed by atoms with Gasteiger partial charge in [-0.25, -0.2) is 0 Å². The van der Waals surface area contributed by atoms with Gasteiger partial charge < -0.3 is 15.0 Å². The molecule has 2 rings (SSSR count). The maximum atomic E-state index is 11.6. The summed E-state index contributed by atoms with van der Waals surface area (Å²) in [6, 6.07) is 3.13. The Morgan fingerprint density at radius 3 is 3.19 bits per heavy atom. The van der Waals surface area contributed by atoms with Crippen LogP contribution in [-0.4, -0.2) is 30.1 Å². The first-order valence-electron chi connectivity index (χ1n) is 5.35. The molecule has 1 saturated heterocycles. The van der Waals surface area contributed by atoms with E-state index in [1.165, 1.54) is 12.3 Å². The highest BCUT2D eigenvalue weighted by molar-refractivity contribution is 5.93. The molecule has 0 bridgehead atoms. The Balaban J connectivity index is 1.93. The third-order valence-corrected chi connectivity index (χ3v) is 2.58. The quantitative estimate of drug-likeness (QED) is 0.771. The van der Waals surface area contributed by atoms with Gasteiger partial charge in [-0.2, -0.15) is 0 Å². The fourth-order valence-corrected chi connectivity index (χ4v) is 1.71. The van der Waals surface area contributed by atoms with Crippen LogP contribution >= 0.6 is 0 Å². The molecule has 2 N–H and O–H groups in total. The van der Waals surface area contributed by atoms with Gasteiger partial charge in [0, 0.05) is 19.3 Å². The number of aromatic amines is 1. The SMILES string of the molecule is O=C(NC[C@H]1CCCO1)c1ccc[nH]c1=O. The van der Waals surface area contributed by atoms with Crippen molar-refractivity contribution >= 4 is 5.91 Å². The van der Waals surface area contributed by atoms with Gasteiger partial charge in [0.15, 0.2) is 0 Å². The standard InChI is InChI=1S/C11H14N2O3/c14-10-9(4-1-5-12-10)11(15)13-7-8-3-2-6-16-8/h1,4-5,8H,2-3,6-7H2,(H,12,14)(H,13,15)/t8-/m1/s1. The summed E-state index contributed by atoms with van der Waals surface area (Å²) in [7, 11) is 0. The zero-order valence-electron chi connectivity index (χ0n) is 8.86. The summed E-state index contributed by atoms with van der Waals surface area (Å²) in [5.41, 5.74) is -0.229. The molecular weight excluding hydrogens is 208 g/mol. The highest BCUT2D eigenvalue weighted by Gasteiger charge is 2.17. The third kappa shape index (κ3) is 2.49. The van der Waals surface area contributed by atoms with E-state index in [9.17, 15) is 9.59 Å². The second kappa shape index (κ2) is 4.94. The third-order valence-electron chi connectivity index (χ3n) is 2.58. The first kappa shape index (κ1) is 10.9. The topological polar surface area (TPSA) is 71.2 Å². The second-order valence-electron chi connectivity index (χ2n) is 3.76. The van der Waals surface area contributed by atoms with Crippen LogP contribution in [-0.2, 0) is 4.74 Å². The largest absolute Gasteiger partial charge is 0.376 e. The van der Waals surface area contributed by atoms with E-state index in [-0.39, 0.29) is 23.1 Å². The number of carbonyl (C=O) groups excluding carboxylic acids is 1. The van der Waals surface area contributed by atoms with Gasteiger partial charge in [0.1, 0.15) is 5.56 Å². The van der Waals surface area contributed by atoms with E-state index in [0.717, 1.165) is 19.4 Å². The predicted molar refractivity (Wildman–Crippen MR) is 58.4 cm³/mol. The minimum absolute atomic E-state index is 0.0896. The molecule has 0 spiro atoms. The fraction of sp³-hybridized carbons (Fsp3) is 0.455. The van der Waals surface area contributed by atoms with Crippen molar-refractivity contribution in [3.63, 3.8) is 0 Å². The summed E-state index contributed by atoms with van der Waals surface area (Å²) >= 11 is 0. The molecule has 1 aliphatic heterocycles. The molecule has 5 nitrogen and oxygen atoms in total. The molecule has 16 heavy (non-hydrogen) atoms. The molecular formula is C11H14N2O3. The van der Waals surface area contributed by atoms with Crippen LogP contribution in [0.1, 0.15) is 23.2 Å². The Labute approximate surface area is 92.8 Å². The molecule has 2 heterocycles. The summed E-state index contributed by atoms with van der Waals surface area (Å²) in [5, 5.41) is 2.70. The van der Waals surface area contributed by atoms with Crippen LogP contribution in [0.25, 0.3) is 0 Å². The molecule has 1 atom stereocenters.